The molecule has 0 bridgehead atoms. The number of hydrogen-bond acceptors (Lipinski definition) is 2. The van der Waals surface area contributed by atoms with Gasteiger partial charge in [0.05, 0.1) is 0 Å². The van der Waals surface area contributed by atoms with Crippen LogP contribution in [0.3, 0.4) is 0 Å². The first kappa shape index (κ1) is 17.2. The Morgan fingerprint density at radius 3 is 2.60 bits per heavy atom. The SMILES string of the molecule is CC(C)C(CCN)CCC(=O)NCc1ccccc1Br. The fourth-order valence-electron chi connectivity index (χ4n) is 2.27. The topological polar surface area (TPSA) is 55.1 Å². The Bertz CT molecular complexity index is 421. The molecule has 0 saturated heterocycles. The van der Waals surface area contributed by atoms with Gasteiger partial charge in [-0.05, 0) is 42.9 Å². The van der Waals surface area contributed by atoms with E-state index >= 15 is 0 Å². The van der Waals surface area contributed by atoms with Crippen molar-refractivity contribution < 1.29 is 4.79 Å². The Balaban J connectivity index is 2.35. The minimum absolute atomic E-state index is 0.114. The minimum Gasteiger partial charge on any atom is -0.352 e. The minimum atomic E-state index is 0.114. The molecule has 1 aromatic rings. The van der Waals surface area contributed by atoms with Crippen LogP contribution in [0.5, 0.6) is 0 Å². The number of hydrogen-bond donors (Lipinski definition) is 2. The molecule has 0 aliphatic rings. The van der Waals surface area contributed by atoms with Crippen LogP contribution in [-0.2, 0) is 11.3 Å². The summed E-state index contributed by atoms with van der Waals surface area (Å²) in [6.07, 6.45) is 2.49. The maximum Gasteiger partial charge on any atom is 0.220 e. The average molecular weight is 341 g/mol. The highest BCUT2D eigenvalue weighted by Crippen LogP contribution is 2.20. The lowest BCUT2D eigenvalue weighted by atomic mass is 9.88. The van der Waals surface area contributed by atoms with E-state index in [1.54, 1.807) is 0 Å². The fourth-order valence-corrected chi connectivity index (χ4v) is 2.69. The predicted molar refractivity (Wildman–Crippen MR) is 87.2 cm³/mol. The van der Waals surface area contributed by atoms with Gasteiger partial charge in [-0.15, -0.1) is 0 Å². The molecule has 3 nitrogen and oxygen atoms in total. The molecule has 1 aromatic carbocycles. The first-order valence-corrected chi connectivity index (χ1v) is 8.04. The molecular weight excluding hydrogens is 316 g/mol. The second-order valence-electron chi connectivity index (χ2n) is 5.49. The maximum absolute atomic E-state index is 11.9. The van der Waals surface area contributed by atoms with Crippen LogP contribution in [0.4, 0.5) is 0 Å². The number of nitrogens with two attached hydrogens (primary N) is 1. The van der Waals surface area contributed by atoms with Gasteiger partial charge in [0.2, 0.25) is 5.91 Å². The highest BCUT2D eigenvalue weighted by atomic mass is 79.9. The van der Waals surface area contributed by atoms with Crippen LogP contribution in [-0.4, -0.2) is 12.5 Å². The number of amides is 1. The molecule has 0 radical (unpaired) electrons. The van der Waals surface area contributed by atoms with Crippen LogP contribution >= 0.6 is 15.9 Å². The molecular formula is C16H25BrN2O. The quantitative estimate of drug-likeness (QED) is 0.761. The zero-order valence-corrected chi connectivity index (χ0v) is 13.9. The molecule has 0 aromatic heterocycles. The van der Waals surface area contributed by atoms with Crippen LogP contribution in [0.1, 0.15) is 38.7 Å². The summed E-state index contributed by atoms with van der Waals surface area (Å²) in [5.41, 5.74) is 6.72. The third-order valence-electron chi connectivity index (χ3n) is 3.66. The molecule has 112 valence electrons. The van der Waals surface area contributed by atoms with Crippen molar-refractivity contribution in [1.29, 1.82) is 0 Å². The van der Waals surface area contributed by atoms with Crippen LogP contribution < -0.4 is 11.1 Å². The lowest BCUT2D eigenvalue weighted by molar-refractivity contribution is -0.121. The van der Waals surface area contributed by atoms with E-state index in [2.05, 4.69) is 35.1 Å². The van der Waals surface area contributed by atoms with Gasteiger partial charge in [-0.2, -0.15) is 0 Å². The zero-order chi connectivity index (χ0) is 15.0. The summed E-state index contributed by atoms with van der Waals surface area (Å²) in [7, 11) is 0. The van der Waals surface area contributed by atoms with E-state index in [1.165, 1.54) is 0 Å². The molecule has 1 unspecified atom stereocenters. The normalized spacial score (nSPS) is 12.4. The van der Waals surface area contributed by atoms with E-state index in [4.69, 9.17) is 5.73 Å². The van der Waals surface area contributed by atoms with Crippen LogP contribution in [0.25, 0.3) is 0 Å². The summed E-state index contributed by atoms with van der Waals surface area (Å²) in [5, 5.41) is 2.98. The van der Waals surface area contributed by atoms with Crippen molar-refractivity contribution >= 4 is 21.8 Å². The standard InChI is InChI=1S/C16H25BrN2O/c1-12(2)13(9-10-18)7-8-16(20)19-11-14-5-3-4-6-15(14)17/h3-6,12-13H,7-11,18H2,1-2H3,(H,19,20). The predicted octanol–water partition coefficient (Wildman–Crippen LogP) is 3.47. The fraction of sp³-hybridized carbons (Fsp3) is 0.562. The van der Waals surface area contributed by atoms with Crippen LogP contribution in [0.15, 0.2) is 28.7 Å². The number of rotatable bonds is 8. The van der Waals surface area contributed by atoms with Crippen molar-refractivity contribution in [3.63, 3.8) is 0 Å². The smallest absolute Gasteiger partial charge is 0.220 e. The van der Waals surface area contributed by atoms with E-state index < -0.39 is 0 Å². The lowest BCUT2D eigenvalue weighted by Crippen LogP contribution is -2.24. The van der Waals surface area contributed by atoms with Crippen LogP contribution in [0, 0.1) is 11.8 Å². The summed E-state index contributed by atoms with van der Waals surface area (Å²) in [4.78, 5) is 11.9. The molecule has 3 N–H and O–H groups in total. The van der Waals surface area contributed by atoms with E-state index in [-0.39, 0.29) is 5.91 Å². The molecule has 0 aliphatic carbocycles. The monoisotopic (exact) mass is 340 g/mol. The maximum atomic E-state index is 11.9. The highest BCUT2D eigenvalue weighted by Gasteiger charge is 2.14. The van der Waals surface area contributed by atoms with Crippen molar-refractivity contribution in [2.24, 2.45) is 17.6 Å². The van der Waals surface area contributed by atoms with Gasteiger partial charge >= 0.3 is 0 Å². The Morgan fingerprint density at radius 1 is 1.30 bits per heavy atom. The van der Waals surface area contributed by atoms with E-state index in [0.29, 0.717) is 31.3 Å². The number of halogens is 1. The van der Waals surface area contributed by atoms with E-state index in [9.17, 15) is 4.79 Å². The van der Waals surface area contributed by atoms with Gasteiger partial charge in [0.15, 0.2) is 0 Å². The molecule has 0 heterocycles. The second kappa shape index (κ2) is 9.14. The molecule has 1 amide bonds. The second-order valence-corrected chi connectivity index (χ2v) is 6.34. The van der Waals surface area contributed by atoms with Crippen molar-refractivity contribution in [3.05, 3.63) is 34.3 Å². The van der Waals surface area contributed by atoms with Gasteiger partial charge in [0.25, 0.3) is 0 Å². The number of carbonyl (C=O) groups is 1. The Kier molecular flexibility index (Phi) is 7.85. The van der Waals surface area contributed by atoms with Crippen molar-refractivity contribution in [2.45, 2.75) is 39.7 Å². The van der Waals surface area contributed by atoms with Crippen molar-refractivity contribution in [1.82, 2.24) is 5.32 Å². The molecule has 0 fully saturated rings. The van der Waals surface area contributed by atoms with Gasteiger partial charge in [-0.3, -0.25) is 4.79 Å². The third-order valence-corrected chi connectivity index (χ3v) is 4.43. The average Bonchev–Trinajstić information content (AvgIpc) is 2.42. The summed E-state index contributed by atoms with van der Waals surface area (Å²) in [5.74, 6) is 1.23. The van der Waals surface area contributed by atoms with Crippen molar-refractivity contribution in [2.75, 3.05) is 6.54 Å². The van der Waals surface area contributed by atoms with Gasteiger partial charge < -0.3 is 11.1 Å². The summed E-state index contributed by atoms with van der Waals surface area (Å²) >= 11 is 3.48. The Labute approximate surface area is 130 Å². The first-order chi connectivity index (χ1) is 9.54. The molecule has 1 atom stereocenters. The molecule has 20 heavy (non-hydrogen) atoms. The number of benzene rings is 1. The Morgan fingerprint density at radius 2 is 2.00 bits per heavy atom. The van der Waals surface area contributed by atoms with E-state index in [0.717, 1.165) is 22.9 Å². The van der Waals surface area contributed by atoms with Crippen LogP contribution in [0.2, 0.25) is 0 Å². The zero-order valence-electron chi connectivity index (χ0n) is 12.4. The summed E-state index contributed by atoms with van der Waals surface area (Å²) < 4.78 is 1.03. The molecule has 0 saturated carbocycles. The Hall–Kier alpha value is -0.870. The third kappa shape index (κ3) is 6.06. The number of carbonyl (C=O) groups excluding carboxylic acids is 1. The summed E-state index contributed by atoms with van der Waals surface area (Å²) in [6, 6.07) is 7.94. The molecule has 0 spiro atoms. The van der Waals surface area contributed by atoms with Gasteiger partial charge in [-0.1, -0.05) is 48.0 Å². The van der Waals surface area contributed by atoms with Crippen molar-refractivity contribution in [3.8, 4) is 0 Å². The van der Waals surface area contributed by atoms with Gasteiger partial charge in [-0.25, -0.2) is 0 Å². The lowest BCUT2D eigenvalue weighted by Gasteiger charge is -2.19. The molecule has 0 aliphatic heterocycles. The molecule has 1 rings (SSSR count). The van der Waals surface area contributed by atoms with Gasteiger partial charge in [0.1, 0.15) is 0 Å². The summed E-state index contributed by atoms with van der Waals surface area (Å²) in [6.45, 7) is 5.66. The number of nitrogens with one attached hydrogen (secondary N) is 1. The van der Waals surface area contributed by atoms with E-state index in [1.807, 2.05) is 24.3 Å². The largest absolute Gasteiger partial charge is 0.352 e. The first-order valence-electron chi connectivity index (χ1n) is 7.24. The molecule has 4 heteroatoms. The van der Waals surface area contributed by atoms with Gasteiger partial charge in [0, 0.05) is 17.4 Å². The highest BCUT2D eigenvalue weighted by molar-refractivity contribution is 9.10.